The van der Waals surface area contributed by atoms with Crippen LogP contribution in [0.4, 0.5) is 5.69 Å². The summed E-state index contributed by atoms with van der Waals surface area (Å²) in [6, 6.07) is 14.6. The maximum absolute atomic E-state index is 11.8. The first-order valence-electron chi connectivity index (χ1n) is 6.01. The number of benzene rings is 2. The Hall–Kier alpha value is -2.47. The van der Waals surface area contributed by atoms with Gasteiger partial charge in [0.25, 0.3) is 5.91 Å². The van der Waals surface area contributed by atoms with Crippen LogP contribution in [0.2, 0.25) is 0 Å². The second-order valence-corrected chi connectivity index (χ2v) is 4.65. The number of anilines is 1. The fraction of sp³-hybridized carbons (Fsp3) is 0.0714. The molecule has 0 fully saturated rings. The number of nitrogens with one attached hydrogen (secondary N) is 1. The number of para-hydroxylation sites is 1. The summed E-state index contributed by atoms with van der Waals surface area (Å²) in [6.07, 6.45) is 0. The van der Waals surface area contributed by atoms with Gasteiger partial charge in [0.2, 0.25) is 0 Å². The molecule has 0 unspecified atom stereocenters. The Morgan fingerprint density at radius 3 is 2.75 bits per heavy atom. The molecular formula is C14H11N3O2S. The van der Waals surface area contributed by atoms with Crippen LogP contribution in [-0.4, -0.2) is 21.3 Å². The Morgan fingerprint density at radius 2 is 1.90 bits per heavy atom. The zero-order chi connectivity index (χ0) is 13.8. The predicted molar refractivity (Wildman–Crippen MR) is 78.0 cm³/mol. The van der Waals surface area contributed by atoms with E-state index in [1.165, 1.54) is 0 Å². The van der Waals surface area contributed by atoms with Crippen molar-refractivity contribution in [3.8, 4) is 5.75 Å². The molecule has 100 valence electrons. The molecule has 0 bridgehead atoms. The van der Waals surface area contributed by atoms with E-state index in [2.05, 4.69) is 14.1 Å². The van der Waals surface area contributed by atoms with E-state index >= 15 is 0 Å². The van der Waals surface area contributed by atoms with E-state index in [1.807, 2.05) is 24.3 Å². The van der Waals surface area contributed by atoms with Crippen LogP contribution >= 0.6 is 11.7 Å². The van der Waals surface area contributed by atoms with Gasteiger partial charge in [-0.15, -0.1) is 0 Å². The molecule has 1 heterocycles. The van der Waals surface area contributed by atoms with E-state index in [-0.39, 0.29) is 12.5 Å². The van der Waals surface area contributed by atoms with Crippen LogP contribution in [0.5, 0.6) is 5.75 Å². The summed E-state index contributed by atoms with van der Waals surface area (Å²) in [7, 11) is 0. The van der Waals surface area contributed by atoms with Crippen LogP contribution in [0.25, 0.3) is 11.0 Å². The van der Waals surface area contributed by atoms with E-state index in [0.29, 0.717) is 11.4 Å². The van der Waals surface area contributed by atoms with Gasteiger partial charge >= 0.3 is 0 Å². The van der Waals surface area contributed by atoms with Crippen LogP contribution in [-0.2, 0) is 4.79 Å². The minimum Gasteiger partial charge on any atom is -0.484 e. The van der Waals surface area contributed by atoms with E-state index in [0.717, 1.165) is 22.8 Å². The first kappa shape index (κ1) is 12.6. The first-order chi connectivity index (χ1) is 9.81. The van der Waals surface area contributed by atoms with Crippen LogP contribution in [0.1, 0.15) is 0 Å². The van der Waals surface area contributed by atoms with Gasteiger partial charge in [0, 0.05) is 5.69 Å². The SMILES string of the molecule is O=C(COc1ccccc1)Nc1ccc2nsnc2c1. The lowest BCUT2D eigenvalue weighted by molar-refractivity contribution is -0.118. The third kappa shape index (κ3) is 2.92. The minimum atomic E-state index is -0.212. The summed E-state index contributed by atoms with van der Waals surface area (Å²) in [6.45, 7) is -0.0304. The van der Waals surface area contributed by atoms with Gasteiger partial charge in [0.15, 0.2) is 6.61 Å². The first-order valence-corrected chi connectivity index (χ1v) is 6.74. The highest BCUT2D eigenvalue weighted by atomic mass is 32.1. The average Bonchev–Trinajstić information content (AvgIpc) is 2.94. The number of aromatic nitrogens is 2. The van der Waals surface area contributed by atoms with Crippen molar-refractivity contribution < 1.29 is 9.53 Å². The summed E-state index contributed by atoms with van der Waals surface area (Å²) in [5.74, 6) is 0.457. The molecule has 1 aromatic heterocycles. The Bertz CT molecular complexity index is 727. The number of ether oxygens (including phenoxy) is 1. The lowest BCUT2D eigenvalue weighted by Crippen LogP contribution is -2.20. The van der Waals surface area contributed by atoms with Gasteiger partial charge in [-0.1, -0.05) is 18.2 Å². The van der Waals surface area contributed by atoms with Crippen LogP contribution in [0, 0.1) is 0 Å². The van der Waals surface area contributed by atoms with Gasteiger partial charge in [-0.25, -0.2) is 0 Å². The molecule has 5 nitrogen and oxygen atoms in total. The van der Waals surface area contributed by atoms with Gasteiger partial charge < -0.3 is 10.1 Å². The summed E-state index contributed by atoms with van der Waals surface area (Å²) < 4.78 is 13.6. The quantitative estimate of drug-likeness (QED) is 0.800. The van der Waals surface area contributed by atoms with Gasteiger partial charge in [0.05, 0.1) is 11.7 Å². The van der Waals surface area contributed by atoms with Crippen LogP contribution < -0.4 is 10.1 Å². The zero-order valence-corrected chi connectivity index (χ0v) is 11.3. The number of hydrogen-bond acceptors (Lipinski definition) is 5. The number of carbonyl (C=O) groups excluding carboxylic acids is 1. The summed E-state index contributed by atoms with van der Waals surface area (Å²) in [5.41, 5.74) is 2.29. The molecule has 2 aromatic carbocycles. The highest BCUT2D eigenvalue weighted by Crippen LogP contribution is 2.17. The molecule has 3 rings (SSSR count). The average molecular weight is 285 g/mol. The number of amides is 1. The van der Waals surface area contributed by atoms with E-state index in [4.69, 9.17) is 4.74 Å². The molecule has 1 N–H and O–H groups in total. The molecule has 6 heteroatoms. The molecule has 1 amide bonds. The van der Waals surface area contributed by atoms with Gasteiger partial charge in [0.1, 0.15) is 16.8 Å². The Kier molecular flexibility index (Phi) is 3.56. The summed E-state index contributed by atoms with van der Waals surface area (Å²) in [5, 5.41) is 2.77. The Morgan fingerprint density at radius 1 is 1.10 bits per heavy atom. The fourth-order valence-electron chi connectivity index (χ4n) is 1.72. The number of hydrogen-bond donors (Lipinski definition) is 1. The molecule has 0 saturated heterocycles. The zero-order valence-electron chi connectivity index (χ0n) is 10.4. The van der Waals surface area contributed by atoms with Crippen molar-refractivity contribution in [3.63, 3.8) is 0 Å². The molecule has 0 spiro atoms. The van der Waals surface area contributed by atoms with Crippen molar-refractivity contribution >= 4 is 34.4 Å². The fourth-order valence-corrected chi connectivity index (χ4v) is 2.24. The van der Waals surface area contributed by atoms with Crippen LogP contribution in [0.3, 0.4) is 0 Å². The Labute approximate surface area is 119 Å². The molecule has 0 radical (unpaired) electrons. The Balaban J connectivity index is 1.61. The molecule has 0 saturated carbocycles. The van der Waals surface area contributed by atoms with Crippen molar-refractivity contribution in [2.24, 2.45) is 0 Å². The molecule has 20 heavy (non-hydrogen) atoms. The lowest BCUT2D eigenvalue weighted by atomic mass is 10.3. The minimum absolute atomic E-state index is 0.0304. The molecule has 0 aliphatic heterocycles. The molecule has 0 aliphatic rings. The molecule has 0 aliphatic carbocycles. The maximum Gasteiger partial charge on any atom is 0.262 e. The topological polar surface area (TPSA) is 64.1 Å². The largest absolute Gasteiger partial charge is 0.484 e. The van der Waals surface area contributed by atoms with Crippen LogP contribution in [0.15, 0.2) is 48.5 Å². The number of fused-ring (bicyclic) bond motifs is 1. The third-order valence-electron chi connectivity index (χ3n) is 2.65. The molecular weight excluding hydrogens is 274 g/mol. The smallest absolute Gasteiger partial charge is 0.262 e. The lowest BCUT2D eigenvalue weighted by Gasteiger charge is -2.07. The third-order valence-corrected chi connectivity index (χ3v) is 3.21. The standard InChI is InChI=1S/C14H11N3O2S/c18-14(9-19-11-4-2-1-3-5-11)15-10-6-7-12-13(8-10)17-20-16-12/h1-8H,9H2,(H,15,18). The van der Waals surface area contributed by atoms with Gasteiger partial charge in [-0.3, -0.25) is 4.79 Å². The van der Waals surface area contributed by atoms with E-state index < -0.39 is 0 Å². The van der Waals surface area contributed by atoms with Crippen molar-refractivity contribution in [2.45, 2.75) is 0 Å². The van der Waals surface area contributed by atoms with E-state index in [9.17, 15) is 4.79 Å². The van der Waals surface area contributed by atoms with Gasteiger partial charge in [-0.05, 0) is 30.3 Å². The highest BCUT2D eigenvalue weighted by Gasteiger charge is 2.05. The number of rotatable bonds is 4. The number of nitrogens with zero attached hydrogens (tertiary/aromatic N) is 2. The molecule has 3 aromatic rings. The second kappa shape index (κ2) is 5.66. The van der Waals surface area contributed by atoms with Crippen molar-refractivity contribution in [2.75, 3.05) is 11.9 Å². The van der Waals surface area contributed by atoms with E-state index in [1.54, 1.807) is 24.3 Å². The monoisotopic (exact) mass is 285 g/mol. The number of carbonyl (C=O) groups is 1. The predicted octanol–water partition coefficient (Wildman–Crippen LogP) is 2.71. The molecule has 0 atom stereocenters. The summed E-state index contributed by atoms with van der Waals surface area (Å²) >= 11 is 1.15. The van der Waals surface area contributed by atoms with Crippen molar-refractivity contribution in [1.82, 2.24) is 8.75 Å². The second-order valence-electron chi connectivity index (χ2n) is 4.12. The van der Waals surface area contributed by atoms with Gasteiger partial charge in [-0.2, -0.15) is 8.75 Å². The maximum atomic E-state index is 11.8. The highest BCUT2D eigenvalue weighted by molar-refractivity contribution is 7.00. The summed E-state index contributed by atoms with van der Waals surface area (Å²) in [4.78, 5) is 11.8. The normalized spacial score (nSPS) is 10.4. The van der Waals surface area contributed by atoms with Crippen molar-refractivity contribution in [1.29, 1.82) is 0 Å². The van der Waals surface area contributed by atoms with Crippen molar-refractivity contribution in [3.05, 3.63) is 48.5 Å².